The molecule has 0 bridgehead atoms. The van der Waals surface area contributed by atoms with Gasteiger partial charge in [-0.05, 0) is 6.07 Å². The first-order chi connectivity index (χ1) is 13.2. The van der Waals surface area contributed by atoms with Crippen LogP contribution in [0, 0.1) is 0 Å². The Balaban J connectivity index is -0.00000280. The van der Waals surface area contributed by atoms with Gasteiger partial charge >= 0.3 is 94.4 Å². The monoisotopic (exact) mass is 547 g/mol. The third-order valence-corrected chi connectivity index (χ3v) is 6.20. The number of nitrogens with two attached hydrogens (primary N) is 1. The van der Waals surface area contributed by atoms with E-state index in [1.807, 2.05) is 0 Å². The van der Waals surface area contributed by atoms with Gasteiger partial charge in [0.1, 0.15) is 11.9 Å². The minimum Gasteiger partial charge on any atom is -0.756 e. The van der Waals surface area contributed by atoms with E-state index in [1.54, 1.807) is 0 Å². The summed E-state index contributed by atoms with van der Waals surface area (Å²) in [6, 6.07) is 1.11. The Morgan fingerprint density at radius 1 is 1.09 bits per heavy atom. The molecular weight excluding hydrogens is 536 g/mol. The Labute approximate surface area is 245 Å². The second-order valence-electron chi connectivity index (χ2n) is 4.70. The number of phosphoric acid groups is 3. The van der Waals surface area contributed by atoms with Crippen molar-refractivity contribution in [1.82, 2.24) is 9.55 Å². The van der Waals surface area contributed by atoms with Crippen LogP contribution in [-0.2, 0) is 41.2 Å². The summed E-state index contributed by atoms with van der Waals surface area (Å²) < 4.78 is 48.6. The molecule has 0 fully saturated rings. The van der Waals surface area contributed by atoms with Crippen LogP contribution >= 0.6 is 23.5 Å². The number of phosphoric ester groups is 1. The van der Waals surface area contributed by atoms with E-state index < -0.39 is 48.1 Å². The van der Waals surface area contributed by atoms with E-state index in [2.05, 4.69) is 18.1 Å². The fourth-order valence-electron chi connectivity index (χ4n) is 1.52. The van der Waals surface area contributed by atoms with E-state index in [-0.39, 0.29) is 107 Å². The maximum absolute atomic E-state index is 11.6. The molecule has 0 saturated heterocycles. The van der Waals surface area contributed by atoms with E-state index in [1.165, 1.54) is 0 Å². The molecule has 0 aliphatic rings. The quantitative estimate of drug-likeness (QED) is 0.140. The molecule has 17 nitrogen and oxygen atoms in total. The number of nitrogens with zero attached hydrogens (tertiary/aromatic N) is 2. The molecule has 32 heavy (non-hydrogen) atoms. The molecule has 1 aromatic heterocycles. The topological polar surface area (TPSA) is 273 Å². The van der Waals surface area contributed by atoms with Crippen LogP contribution in [0.4, 0.5) is 5.82 Å². The molecule has 0 amide bonds. The number of carbonyl (C=O) groups excluding carboxylic acids is 2. The molecule has 0 aliphatic heterocycles. The summed E-state index contributed by atoms with van der Waals surface area (Å²) in [7, 11) is -17.9. The summed E-state index contributed by atoms with van der Waals surface area (Å²) in [5.74, 6) is -0.189. The molecule has 3 unspecified atom stereocenters. The second kappa shape index (κ2) is 16.2. The van der Waals surface area contributed by atoms with Gasteiger partial charge in [0, 0.05) is 6.20 Å². The van der Waals surface area contributed by atoms with Crippen molar-refractivity contribution in [2.45, 2.75) is 12.3 Å². The van der Waals surface area contributed by atoms with E-state index in [0.29, 0.717) is 4.57 Å². The van der Waals surface area contributed by atoms with Gasteiger partial charge in [-0.1, -0.05) is 0 Å². The summed E-state index contributed by atoms with van der Waals surface area (Å²) in [6.07, 6.45) is -2.70. The number of hydrogen-bond acceptors (Lipinski definition) is 15. The number of anilines is 1. The zero-order valence-electron chi connectivity index (χ0n) is 16.7. The third-order valence-electron chi connectivity index (χ3n) is 2.51. The summed E-state index contributed by atoms with van der Waals surface area (Å²) in [5.41, 5.74) is 4.21. The summed E-state index contributed by atoms with van der Waals surface area (Å²) in [6.45, 7) is -1.26. The van der Waals surface area contributed by atoms with Gasteiger partial charge in [0.2, 0.25) is 0 Å². The van der Waals surface area contributed by atoms with Crippen molar-refractivity contribution in [2.75, 3.05) is 12.3 Å². The Kier molecular flexibility index (Phi) is 19.2. The first-order valence-corrected chi connectivity index (χ1v) is 11.2. The largest absolute Gasteiger partial charge is 1.00 e. The average molecular weight is 547 g/mol. The molecule has 164 valence electrons. The molecule has 23 heteroatoms. The standard InChI is InChI=1S/C9H14N3O14P3.3Na/c10-7-1-2-12(9(15)11-7)8(4-14)24-6(3-13)5-23-28(19,20)26-29(21,22)25-27(16,17)18;;;/h1-4,6,8H,5H2,(H,19,20)(H,21,22)(H2,10,11,15)(H2,16,17,18);;;/q;3*+1/p-3/t6-,8+;;;/m0.../s1. The van der Waals surface area contributed by atoms with Crippen molar-refractivity contribution in [2.24, 2.45) is 0 Å². The van der Waals surface area contributed by atoms with E-state index in [0.717, 1.165) is 12.3 Å². The van der Waals surface area contributed by atoms with Crippen molar-refractivity contribution in [3.63, 3.8) is 0 Å². The smallest absolute Gasteiger partial charge is 0.756 e. The van der Waals surface area contributed by atoms with Crippen LogP contribution in [0.2, 0.25) is 0 Å². The molecule has 0 spiro atoms. The second-order valence-corrected chi connectivity index (χ2v) is 8.99. The number of nitrogen functional groups attached to an aromatic ring is 1. The molecular formula is C9H11N3Na3O14P3. The normalized spacial score (nSPS) is 18.0. The van der Waals surface area contributed by atoms with Gasteiger partial charge in [-0.25, -0.2) is 13.4 Å². The zero-order valence-corrected chi connectivity index (χ0v) is 25.4. The molecule has 1 rings (SSSR count). The van der Waals surface area contributed by atoms with Gasteiger partial charge in [-0.2, -0.15) is 4.98 Å². The Morgan fingerprint density at radius 3 is 2.09 bits per heavy atom. The number of rotatable bonds is 12. The first-order valence-electron chi connectivity index (χ1n) is 6.82. The van der Waals surface area contributed by atoms with Crippen molar-refractivity contribution < 1.29 is 149 Å². The molecule has 0 aromatic carbocycles. The fourth-order valence-corrected chi connectivity index (χ4v) is 4.42. The van der Waals surface area contributed by atoms with Crippen molar-refractivity contribution >= 4 is 41.9 Å². The van der Waals surface area contributed by atoms with Gasteiger partial charge in [-0.3, -0.25) is 23.1 Å². The summed E-state index contributed by atoms with van der Waals surface area (Å²) in [5, 5.41) is 0. The van der Waals surface area contributed by atoms with Crippen molar-refractivity contribution in [3.05, 3.63) is 22.7 Å². The van der Waals surface area contributed by atoms with Crippen LogP contribution in [0.5, 0.6) is 0 Å². The number of hydrogen-bond donors (Lipinski definition) is 2. The van der Waals surface area contributed by atoms with Crippen LogP contribution in [0.15, 0.2) is 17.1 Å². The van der Waals surface area contributed by atoms with Gasteiger partial charge < -0.3 is 39.4 Å². The number of aromatic nitrogens is 2. The van der Waals surface area contributed by atoms with E-state index in [9.17, 15) is 42.8 Å². The van der Waals surface area contributed by atoms with Crippen LogP contribution in [0.1, 0.15) is 6.23 Å². The Hall–Kier alpha value is 1.39. The Morgan fingerprint density at radius 2 is 1.66 bits per heavy atom. The van der Waals surface area contributed by atoms with Gasteiger partial charge in [-0.15, -0.1) is 0 Å². The SMILES string of the molecule is Nc1ccn([C@@H](C=O)O[C@@H](C=O)COP(=O)([O-])OP(=O)([O-])OP(=O)([O-])O)c(=O)n1.[Na+].[Na+].[Na+]. The predicted molar refractivity (Wildman–Crippen MR) is 82.1 cm³/mol. The molecule has 0 radical (unpaired) electrons. The zero-order chi connectivity index (χ0) is 22.5. The minimum absolute atomic E-state index is 0. The maximum atomic E-state index is 11.6. The van der Waals surface area contributed by atoms with Crippen molar-refractivity contribution in [1.29, 1.82) is 0 Å². The fraction of sp³-hybridized carbons (Fsp3) is 0.333. The van der Waals surface area contributed by atoms with Crippen LogP contribution < -0.4 is 115 Å². The first kappa shape index (κ1) is 37.9. The summed E-state index contributed by atoms with van der Waals surface area (Å²) >= 11 is 0. The summed E-state index contributed by atoms with van der Waals surface area (Å²) in [4.78, 5) is 78.0. The van der Waals surface area contributed by atoms with Crippen molar-refractivity contribution in [3.8, 4) is 0 Å². The molecule has 0 aliphatic carbocycles. The van der Waals surface area contributed by atoms with Gasteiger partial charge in [0.05, 0.1) is 6.61 Å². The minimum atomic E-state index is -6.12. The molecule has 3 N–H and O–H groups in total. The van der Waals surface area contributed by atoms with Crippen LogP contribution in [0.3, 0.4) is 0 Å². The molecule has 1 heterocycles. The van der Waals surface area contributed by atoms with Gasteiger partial charge in [0.15, 0.2) is 18.8 Å². The Bertz CT molecular complexity index is 956. The van der Waals surface area contributed by atoms with Gasteiger partial charge in [0.25, 0.3) is 23.5 Å². The predicted octanol–water partition coefficient (Wildman–Crippen LogP) is -12.4. The third kappa shape index (κ3) is 14.7. The van der Waals surface area contributed by atoms with E-state index in [4.69, 9.17) is 15.4 Å². The number of aldehydes is 2. The average Bonchev–Trinajstić information content (AvgIpc) is 2.52. The molecule has 5 atom stereocenters. The molecule has 1 aromatic rings. The van der Waals surface area contributed by atoms with Crippen LogP contribution in [0.25, 0.3) is 0 Å². The maximum Gasteiger partial charge on any atom is 1.00 e. The van der Waals surface area contributed by atoms with Crippen LogP contribution in [-0.4, -0.2) is 39.7 Å². The number of ether oxygens (including phenoxy) is 1. The number of carbonyl (C=O) groups is 2. The van der Waals surface area contributed by atoms with E-state index >= 15 is 0 Å². The molecule has 0 saturated carbocycles.